The number of amides is 1. The number of nitrogens with one attached hydrogen (secondary N) is 1. The smallest absolute Gasteiger partial charge is 0.289 e. The molecule has 0 saturated carbocycles. The average Bonchev–Trinajstić information content (AvgIpc) is 3.10. The summed E-state index contributed by atoms with van der Waals surface area (Å²) in [5.74, 6) is 0.449. The van der Waals surface area contributed by atoms with Crippen molar-refractivity contribution in [3.05, 3.63) is 54.0 Å². The molecule has 116 valence electrons. The number of hydrogen-bond acceptors (Lipinski definition) is 3. The van der Waals surface area contributed by atoms with Gasteiger partial charge in [-0.2, -0.15) is 0 Å². The average molecular weight is 317 g/mol. The van der Waals surface area contributed by atoms with E-state index in [0.29, 0.717) is 5.76 Å². The highest BCUT2D eigenvalue weighted by Crippen LogP contribution is 2.14. The first-order valence-electron chi connectivity index (χ1n) is 7.55. The van der Waals surface area contributed by atoms with Crippen molar-refractivity contribution in [1.29, 1.82) is 0 Å². The number of rotatable bonds is 4. The molecule has 1 amide bonds. The van der Waals surface area contributed by atoms with Gasteiger partial charge in [-0.15, -0.1) is 11.8 Å². The second-order valence-electron chi connectivity index (χ2n) is 5.54. The molecule has 0 spiro atoms. The fraction of sp³-hybridized carbons (Fsp3) is 0.353. The van der Waals surface area contributed by atoms with Crippen LogP contribution in [-0.2, 0) is 6.54 Å². The van der Waals surface area contributed by atoms with Crippen molar-refractivity contribution in [2.75, 3.05) is 32.4 Å². The molecule has 2 aromatic rings. The number of hydrogen-bond donors (Lipinski definition) is 1. The Morgan fingerprint density at radius 2 is 1.95 bits per heavy atom. The maximum Gasteiger partial charge on any atom is 0.289 e. The van der Waals surface area contributed by atoms with Gasteiger partial charge in [-0.3, -0.25) is 4.79 Å². The van der Waals surface area contributed by atoms with Crippen molar-refractivity contribution >= 4 is 17.7 Å². The zero-order valence-corrected chi connectivity index (χ0v) is 13.6. The van der Waals surface area contributed by atoms with E-state index in [9.17, 15) is 4.79 Å². The van der Waals surface area contributed by atoms with Crippen molar-refractivity contribution in [3.8, 4) is 0 Å². The number of thioether (sulfide) groups is 1. The normalized spacial score (nSPS) is 16.0. The quantitative estimate of drug-likeness (QED) is 0.870. The largest absolute Gasteiger partial charge is 0.459 e. The molecule has 1 aromatic heterocycles. The van der Waals surface area contributed by atoms with Crippen molar-refractivity contribution in [2.45, 2.75) is 11.4 Å². The molecular weight excluding hydrogens is 296 g/mol. The molecule has 3 rings (SSSR count). The first-order valence-corrected chi connectivity index (χ1v) is 8.78. The second kappa shape index (κ2) is 7.03. The molecule has 0 bridgehead atoms. The zero-order chi connectivity index (χ0) is 15.4. The SMILES string of the molecule is CSc1ccc(C[NH+]2CCN(C(=O)c3ccco3)CC2)cc1. The van der Waals surface area contributed by atoms with Gasteiger partial charge in [0.15, 0.2) is 5.76 Å². The minimum atomic E-state index is 0.00775. The summed E-state index contributed by atoms with van der Waals surface area (Å²) in [5.41, 5.74) is 1.36. The maximum absolute atomic E-state index is 12.2. The van der Waals surface area contributed by atoms with Gasteiger partial charge in [-0.1, -0.05) is 12.1 Å². The predicted molar refractivity (Wildman–Crippen MR) is 87.2 cm³/mol. The van der Waals surface area contributed by atoms with Crippen molar-refractivity contribution in [3.63, 3.8) is 0 Å². The van der Waals surface area contributed by atoms with E-state index in [1.54, 1.807) is 30.2 Å². The summed E-state index contributed by atoms with van der Waals surface area (Å²) < 4.78 is 5.19. The summed E-state index contributed by atoms with van der Waals surface area (Å²) in [4.78, 5) is 16.9. The van der Waals surface area contributed by atoms with Crippen LogP contribution in [0, 0.1) is 0 Å². The van der Waals surface area contributed by atoms with Crippen molar-refractivity contribution in [2.24, 2.45) is 0 Å². The summed E-state index contributed by atoms with van der Waals surface area (Å²) in [6.07, 6.45) is 3.64. The lowest BCUT2D eigenvalue weighted by Crippen LogP contribution is -3.13. The van der Waals surface area contributed by atoms with E-state index in [-0.39, 0.29) is 5.91 Å². The number of benzene rings is 1. The fourth-order valence-corrected chi connectivity index (χ4v) is 3.20. The number of carbonyl (C=O) groups is 1. The van der Waals surface area contributed by atoms with Gasteiger partial charge in [-0.05, 0) is 30.5 Å². The molecule has 0 radical (unpaired) electrons. The van der Waals surface area contributed by atoms with Crippen LogP contribution < -0.4 is 4.90 Å². The van der Waals surface area contributed by atoms with Gasteiger partial charge < -0.3 is 14.2 Å². The highest BCUT2D eigenvalue weighted by molar-refractivity contribution is 7.98. The van der Waals surface area contributed by atoms with Gasteiger partial charge in [0.05, 0.1) is 32.4 Å². The Hall–Kier alpha value is -1.72. The van der Waals surface area contributed by atoms with Crippen LogP contribution >= 0.6 is 11.8 Å². The standard InChI is InChI=1S/C17H20N2O2S/c1-22-15-6-4-14(5-7-15)13-18-8-10-19(11-9-18)17(20)16-3-2-12-21-16/h2-7,12H,8-11,13H2,1H3/p+1. The van der Waals surface area contributed by atoms with E-state index in [2.05, 4.69) is 30.5 Å². The monoisotopic (exact) mass is 317 g/mol. The minimum absolute atomic E-state index is 0.00775. The molecule has 1 N–H and O–H groups in total. The Kier molecular flexibility index (Phi) is 4.85. The van der Waals surface area contributed by atoms with Crippen molar-refractivity contribution in [1.82, 2.24) is 4.90 Å². The van der Waals surface area contributed by atoms with Crippen LogP contribution in [0.1, 0.15) is 16.1 Å². The number of quaternary nitrogens is 1. The first kappa shape index (κ1) is 15.2. The molecule has 0 aliphatic carbocycles. The lowest BCUT2D eigenvalue weighted by molar-refractivity contribution is -0.917. The number of carbonyl (C=O) groups excluding carboxylic acids is 1. The summed E-state index contributed by atoms with van der Waals surface area (Å²) >= 11 is 1.77. The third-order valence-electron chi connectivity index (χ3n) is 4.10. The summed E-state index contributed by atoms with van der Waals surface area (Å²) in [5, 5.41) is 0. The van der Waals surface area contributed by atoms with E-state index in [4.69, 9.17) is 4.42 Å². The van der Waals surface area contributed by atoms with Gasteiger partial charge in [0.2, 0.25) is 0 Å². The van der Waals surface area contributed by atoms with Gasteiger partial charge in [-0.25, -0.2) is 0 Å². The second-order valence-corrected chi connectivity index (χ2v) is 6.42. The van der Waals surface area contributed by atoms with E-state index in [1.165, 1.54) is 15.4 Å². The van der Waals surface area contributed by atoms with Crippen LogP contribution in [0.2, 0.25) is 0 Å². The molecular formula is C17H21N2O2S+. The molecule has 0 unspecified atom stereocenters. The highest BCUT2D eigenvalue weighted by Gasteiger charge is 2.25. The third-order valence-corrected chi connectivity index (χ3v) is 4.85. The molecule has 1 saturated heterocycles. The lowest BCUT2D eigenvalue weighted by Gasteiger charge is -2.31. The molecule has 5 heteroatoms. The topological polar surface area (TPSA) is 37.9 Å². The van der Waals surface area contributed by atoms with Crippen LogP contribution in [-0.4, -0.2) is 43.2 Å². The van der Waals surface area contributed by atoms with Crippen molar-refractivity contribution < 1.29 is 14.1 Å². The van der Waals surface area contributed by atoms with E-state index < -0.39 is 0 Å². The van der Waals surface area contributed by atoms with Gasteiger partial charge in [0.25, 0.3) is 5.91 Å². The lowest BCUT2D eigenvalue weighted by atomic mass is 10.2. The number of nitrogens with zero attached hydrogens (tertiary/aromatic N) is 1. The molecule has 4 nitrogen and oxygen atoms in total. The third kappa shape index (κ3) is 3.54. The van der Waals surface area contributed by atoms with Gasteiger partial charge in [0, 0.05) is 10.5 Å². The van der Waals surface area contributed by atoms with Crippen LogP contribution in [0.15, 0.2) is 52.0 Å². The predicted octanol–water partition coefficient (Wildman–Crippen LogP) is 1.54. The molecule has 0 atom stereocenters. The maximum atomic E-state index is 12.2. The number of piperazine rings is 1. The summed E-state index contributed by atoms with van der Waals surface area (Å²) in [7, 11) is 0. The molecule has 1 aliphatic heterocycles. The van der Waals surface area contributed by atoms with E-state index in [1.807, 2.05) is 4.90 Å². The Morgan fingerprint density at radius 1 is 1.23 bits per heavy atom. The Labute approximate surface area is 135 Å². The molecule has 2 heterocycles. The van der Waals surface area contributed by atoms with Crippen LogP contribution in [0.5, 0.6) is 0 Å². The van der Waals surface area contributed by atoms with Crippen LogP contribution in [0.3, 0.4) is 0 Å². The summed E-state index contributed by atoms with van der Waals surface area (Å²) in [6.45, 7) is 4.57. The van der Waals surface area contributed by atoms with Gasteiger partial charge in [0.1, 0.15) is 6.54 Å². The van der Waals surface area contributed by atoms with Crippen LogP contribution in [0.4, 0.5) is 0 Å². The van der Waals surface area contributed by atoms with E-state index >= 15 is 0 Å². The summed E-state index contributed by atoms with van der Waals surface area (Å²) in [6, 6.07) is 12.3. The molecule has 22 heavy (non-hydrogen) atoms. The zero-order valence-electron chi connectivity index (χ0n) is 12.7. The fourth-order valence-electron chi connectivity index (χ4n) is 2.79. The molecule has 1 aromatic carbocycles. The minimum Gasteiger partial charge on any atom is -0.459 e. The number of furan rings is 1. The molecule has 1 fully saturated rings. The van der Waals surface area contributed by atoms with E-state index in [0.717, 1.165) is 32.7 Å². The highest BCUT2D eigenvalue weighted by atomic mass is 32.2. The Bertz CT molecular complexity index is 602. The van der Waals surface area contributed by atoms with Gasteiger partial charge >= 0.3 is 0 Å². The Balaban J connectivity index is 1.52. The Morgan fingerprint density at radius 3 is 2.55 bits per heavy atom. The van der Waals surface area contributed by atoms with Crippen LogP contribution in [0.25, 0.3) is 0 Å². The first-order chi connectivity index (χ1) is 10.8. The molecule has 1 aliphatic rings.